The summed E-state index contributed by atoms with van der Waals surface area (Å²) in [5.74, 6) is -0.379. The van der Waals surface area contributed by atoms with E-state index >= 15 is 0 Å². The smallest absolute Gasteiger partial charge is 0.417 e. The van der Waals surface area contributed by atoms with Crippen LogP contribution in [0.2, 0.25) is 10.0 Å². The standard InChI is InChI=1S/C20H18Cl2F3N5O4S/c1-3-34-17(31)6-11(2)30-10-27-28-19(30)18-16(7-12(21)9-26-18)29-35(32,33)13-4-5-15(22)14(8-13)20(23,24)25/h4-5,7-11,29H,3,6H2,1-2H3. The summed E-state index contributed by atoms with van der Waals surface area (Å²) < 4.78 is 74.2. The predicted octanol–water partition coefficient (Wildman–Crippen LogP) is 4.98. The Kier molecular flexibility index (Phi) is 7.92. The van der Waals surface area contributed by atoms with E-state index in [1.807, 2.05) is 0 Å². The van der Waals surface area contributed by atoms with Crippen LogP contribution in [0, 0.1) is 0 Å². The van der Waals surface area contributed by atoms with Gasteiger partial charge in [-0.25, -0.2) is 13.4 Å². The van der Waals surface area contributed by atoms with Crippen molar-refractivity contribution in [2.24, 2.45) is 0 Å². The monoisotopic (exact) mass is 551 g/mol. The fourth-order valence-corrected chi connectivity index (χ4v) is 4.55. The number of aromatic nitrogens is 4. The van der Waals surface area contributed by atoms with Crippen LogP contribution < -0.4 is 4.72 Å². The van der Waals surface area contributed by atoms with Crippen LogP contribution in [0.3, 0.4) is 0 Å². The van der Waals surface area contributed by atoms with Crippen molar-refractivity contribution < 1.29 is 31.1 Å². The zero-order valence-corrected chi connectivity index (χ0v) is 20.5. The lowest BCUT2D eigenvalue weighted by atomic mass is 10.2. The van der Waals surface area contributed by atoms with Gasteiger partial charge in [0.15, 0.2) is 5.82 Å². The largest absolute Gasteiger partial charge is 0.466 e. The topological polar surface area (TPSA) is 116 Å². The Hall–Kier alpha value is -2.90. The summed E-state index contributed by atoms with van der Waals surface area (Å²) in [6, 6.07) is 2.92. The number of carbonyl (C=O) groups is 1. The van der Waals surface area contributed by atoms with E-state index in [1.165, 1.54) is 23.2 Å². The molecule has 0 amide bonds. The second kappa shape index (κ2) is 10.4. The molecule has 3 rings (SSSR count). The number of rotatable bonds is 8. The third-order valence-corrected chi connectivity index (χ3v) is 6.58. The number of hydrogen-bond donors (Lipinski definition) is 1. The molecule has 2 aromatic heterocycles. The number of alkyl halides is 3. The maximum Gasteiger partial charge on any atom is 0.417 e. The lowest BCUT2D eigenvalue weighted by Gasteiger charge is -2.17. The minimum atomic E-state index is -4.86. The summed E-state index contributed by atoms with van der Waals surface area (Å²) in [5, 5.41) is 7.17. The first-order chi connectivity index (χ1) is 16.3. The van der Waals surface area contributed by atoms with Crippen LogP contribution in [0.1, 0.15) is 31.9 Å². The van der Waals surface area contributed by atoms with E-state index in [2.05, 4.69) is 19.9 Å². The molecule has 35 heavy (non-hydrogen) atoms. The number of nitrogens with one attached hydrogen (secondary N) is 1. The van der Waals surface area contributed by atoms with Gasteiger partial charge in [0.1, 0.15) is 12.0 Å². The summed E-state index contributed by atoms with van der Waals surface area (Å²) in [4.78, 5) is 15.3. The highest BCUT2D eigenvalue weighted by molar-refractivity contribution is 7.92. The van der Waals surface area contributed by atoms with Crippen molar-refractivity contribution in [2.45, 2.75) is 37.4 Å². The molecule has 0 fully saturated rings. The zero-order valence-electron chi connectivity index (χ0n) is 18.2. The number of benzene rings is 1. The van der Waals surface area contributed by atoms with E-state index in [0.717, 1.165) is 12.1 Å². The third kappa shape index (κ3) is 6.21. The van der Waals surface area contributed by atoms with Crippen molar-refractivity contribution in [2.75, 3.05) is 11.3 Å². The van der Waals surface area contributed by atoms with Gasteiger partial charge in [0, 0.05) is 12.2 Å². The van der Waals surface area contributed by atoms with Crippen LogP contribution in [0.4, 0.5) is 18.9 Å². The third-order valence-electron chi connectivity index (χ3n) is 4.68. The van der Waals surface area contributed by atoms with Gasteiger partial charge in [-0.15, -0.1) is 10.2 Å². The number of anilines is 1. The lowest BCUT2D eigenvalue weighted by molar-refractivity contribution is -0.144. The highest BCUT2D eigenvalue weighted by Gasteiger charge is 2.35. The minimum absolute atomic E-state index is 0.0174. The van der Waals surface area contributed by atoms with Crippen molar-refractivity contribution in [3.63, 3.8) is 0 Å². The Balaban J connectivity index is 2.01. The van der Waals surface area contributed by atoms with Gasteiger partial charge >= 0.3 is 12.1 Å². The summed E-state index contributed by atoms with van der Waals surface area (Å²) in [7, 11) is -4.54. The van der Waals surface area contributed by atoms with Gasteiger partial charge in [0.2, 0.25) is 0 Å². The molecule has 0 aliphatic carbocycles. The maximum atomic E-state index is 13.2. The fraction of sp³-hybridized carbons (Fsp3) is 0.300. The molecular formula is C20H18Cl2F3N5O4S. The number of nitrogens with zero attached hydrogens (tertiary/aromatic N) is 4. The lowest BCUT2D eigenvalue weighted by Crippen LogP contribution is -2.17. The van der Waals surface area contributed by atoms with E-state index in [1.54, 1.807) is 13.8 Å². The highest BCUT2D eigenvalue weighted by atomic mass is 35.5. The van der Waals surface area contributed by atoms with Crippen molar-refractivity contribution in [3.8, 4) is 11.5 Å². The van der Waals surface area contributed by atoms with Gasteiger partial charge in [-0.05, 0) is 38.1 Å². The number of ether oxygens (including phenoxy) is 1. The molecule has 2 heterocycles. The fourth-order valence-electron chi connectivity index (χ4n) is 3.08. The number of sulfonamides is 1. The highest BCUT2D eigenvalue weighted by Crippen LogP contribution is 2.37. The molecule has 0 bridgehead atoms. The normalized spacial score (nSPS) is 12.9. The van der Waals surface area contributed by atoms with Crippen molar-refractivity contribution >= 4 is 44.9 Å². The molecule has 1 aromatic carbocycles. The van der Waals surface area contributed by atoms with Gasteiger partial charge in [0.05, 0.1) is 39.2 Å². The number of pyridine rings is 1. The first-order valence-corrected chi connectivity index (χ1v) is 12.2. The maximum absolute atomic E-state index is 13.2. The Morgan fingerprint density at radius 3 is 2.63 bits per heavy atom. The molecular weight excluding hydrogens is 534 g/mol. The van der Waals surface area contributed by atoms with Crippen LogP contribution in [0.15, 0.2) is 41.7 Å². The molecule has 0 aliphatic rings. The second-order valence-electron chi connectivity index (χ2n) is 7.21. The Morgan fingerprint density at radius 1 is 1.26 bits per heavy atom. The molecule has 3 aromatic rings. The molecule has 0 radical (unpaired) electrons. The van der Waals surface area contributed by atoms with Crippen LogP contribution in [0.25, 0.3) is 11.5 Å². The van der Waals surface area contributed by atoms with Gasteiger partial charge < -0.3 is 9.30 Å². The summed E-state index contributed by atoms with van der Waals surface area (Å²) in [6.07, 6.45) is -2.34. The average molecular weight is 552 g/mol. The quantitative estimate of drug-likeness (QED) is 0.392. The molecule has 1 atom stereocenters. The van der Waals surface area contributed by atoms with E-state index in [9.17, 15) is 26.4 Å². The van der Waals surface area contributed by atoms with Crippen molar-refractivity contribution in [1.29, 1.82) is 0 Å². The van der Waals surface area contributed by atoms with Gasteiger partial charge in [-0.2, -0.15) is 13.2 Å². The zero-order chi connectivity index (χ0) is 26.0. The van der Waals surface area contributed by atoms with Gasteiger partial charge in [-0.3, -0.25) is 9.52 Å². The van der Waals surface area contributed by atoms with Crippen molar-refractivity contribution in [1.82, 2.24) is 19.7 Å². The van der Waals surface area contributed by atoms with Crippen LogP contribution in [0.5, 0.6) is 0 Å². The van der Waals surface area contributed by atoms with E-state index in [0.29, 0.717) is 6.07 Å². The molecule has 188 valence electrons. The van der Waals surface area contributed by atoms with Crippen LogP contribution in [-0.2, 0) is 25.7 Å². The number of esters is 1. The average Bonchev–Trinajstić information content (AvgIpc) is 3.23. The SMILES string of the molecule is CCOC(=O)CC(C)n1cnnc1-c1ncc(Cl)cc1NS(=O)(=O)c1ccc(Cl)c(C(F)(F)F)c1. The molecule has 0 saturated heterocycles. The summed E-state index contributed by atoms with van der Waals surface area (Å²) in [5.41, 5.74) is -1.49. The number of hydrogen-bond acceptors (Lipinski definition) is 7. The predicted molar refractivity (Wildman–Crippen MR) is 121 cm³/mol. The Bertz CT molecular complexity index is 1350. The molecule has 1 N–H and O–H groups in total. The first-order valence-electron chi connectivity index (χ1n) is 9.94. The molecule has 1 unspecified atom stereocenters. The molecule has 0 saturated carbocycles. The van der Waals surface area contributed by atoms with E-state index in [-0.39, 0.29) is 35.3 Å². The molecule has 0 spiro atoms. The molecule has 9 nitrogen and oxygen atoms in total. The second-order valence-corrected chi connectivity index (χ2v) is 9.74. The summed E-state index contributed by atoms with van der Waals surface area (Å²) in [6.45, 7) is 3.56. The van der Waals surface area contributed by atoms with Gasteiger partial charge in [-0.1, -0.05) is 23.2 Å². The summed E-state index contributed by atoms with van der Waals surface area (Å²) >= 11 is 11.6. The van der Waals surface area contributed by atoms with Crippen LogP contribution >= 0.6 is 23.2 Å². The number of carbonyl (C=O) groups excluding carboxylic acids is 1. The number of halogens is 5. The van der Waals surface area contributed by atoms with E-state index < -0.39 is 43.7 Å². The van der Waals surface area contributed by atoms with Crippen molar-refractivity contribution in [3.05, 3.63) is 52.4 Å². The Morgan fingerprint density at radius 2 is 1.97 bits per heavy atom. The molecule has 15 heteroatoms. The van der Waals surface area contributed by atoms with Crippen LogP contribution in [-0.4, -0.2) is 40.7 Å². The van der Waals surface area contributed by atoms with Gasteiger partial charge in [0.25, 0.3) is 10.0 Å². The molecule has 0 aliphatic heterocycles. The minimum Gasteiger partial charge on any atom is -0.466 e. The Labute approximate surface area is 208 Å². The van der Waals surface area contributed by atoms with E-state index in [4.69, 9.17) is 27.9 Å². The first kappa shape index (κ1) is 26.7.